The molecule has 1 saturated carbocycles. The van der Waals surface area contributed by atoms with E-state index in [9.17, 15) is 0 Å². The summed E-state index contributed by atoms with van der Waals surface area (Å²) in [5, 5.41) is 9.15. The van der Waals surface area contributed by atoms with Crippen molar-refractivity contribution in [3.8, 4) is 0 Å². The maximum Gasteiger partial charge on any atom is 0.0957 e. The highest BCUT2D eigenvalue weighted by atomic mass is 16.5. The molecule has 0 saturated heterocycles. The molecule has 0 aromatic heterocycles. The second-order valence-electron chi connectivity index (χ2n) is 4.78. The molecular weight excluding hydrogens is 190 g/mol. The number of ether oxygens (including phenoxy) is 1. The molecule has 3 heteroatoms. The summed E-state index contributed by atoms with van der Waals surface area (Å²) in [6.07, 6.45) is 6.21. The molecule has 15 heavy (non-hydrogen) atoms. The van der Waals surface area contributed by atoms with Crippen LogP contribution in [0.4, 0.5) is 0 Å². The third-order valence-corrected chi connectivity index (χ3v) is 3.45. The molecular formula is C12H25NO2. The Hall–Kier alpha value is -0.120. The van der Waals surface area contributed by atoms with Crippen LogP contribution >= 0.6 is 0 Å². The number of aliphatic hydroxyl groups is 1. The van der Waals surface area contributed by atoms with Crippen molar-refractivity contribution in [3.63, 3.8) is 0 Å². The maximum absolute atomic E-state index is 9.15. The van der Waals surface area contributed by atoms with Crippen LogP contribution in [0, 0.1) is 5.92 Å². The van der Waals surface area contributed by atoms with E-state index >= 15 is 0 Å². The predicted octanol–water partition coefficient (Wildman–Crippen LogP) is 1.68. The van der Waals surface area contributed by atoms with Crippen LogP contribution < -0.4 is 5.73 Å². The van der Waals surface area contributed by atoms with Crippen molar-refractivity contribution in [2.24, 2.45) is 11.7 Å². The summed E-state index contributed by atoms with van der Waals surface area (Å²) in [4.78, 5) is 0. The van der Waals surface area contributed by atoms with E-state index in [1.54, 1.807) is 0 Å². The van der Waals surface area contributed by atoms with Gasteiger partial charge in [0.25, 0.3) is 0 Å². The van der Waals surface area contributed by atoms with Gasteiger partial charge in [0.15, 0.2) is 0 Å². The number of hydrogen-bond acceptors (Lipinski definition) is 3. The second kappa shape index (κ2) is 6.46. The third-order valence-electron chi connectivity index (χ3n) is 3.45. The fraction of sp³-hybridized carbons (Fsp3) is 1.00. The molecule has 1 rings (SSSR count). The Morgan fingerprint density at radius 2 is 2.20 bits per heavy atom. The average molecular weight is 215 g/mol. The largest absolute Gasteiger partial charge is 0.394 e. The Morgan fingerprint density at radius 3 is 2.73 bits per heavy atom. The lowest BCUT2D eigenvalue weighted by Crippen LogP contribution is -2.40. The molecule has 90 valence electrons. The molecule has 0 amide bonds. The Kier molecular flexibility index (Phi) is 5.58. The summed E-state index contributed by atoms with van der Waals surface area (Å²) in [7, 11) is 0. The molecule has 1 aliphatic carbocycles. The summed E-state index contributed by atoms with van der Waals surface area (Å²) in [5.41, 5.74) is 5.75. The lowest BCUT2D eigenvalue weighted by molar-refractivity contribution is -0.0694. The summed E-state index contributed by atoms with van der Waals surface area (Å²) in [5.74, 6) is 0.802. The van der Waals surface area contributed by atoms with Crippen LogP contribution in [0.15, 0.2) is 0 Å². The average Bonchev–Trinajstić information content (AvgIpc) is 2.25. The zero-order valence-corrected chi connectivity index (χ0v) is 9.98. The van der Waals surface area contributed by atoms with Crippen LogP contribution in [0.3, 0.4) is 0 Å². The third kappa shape index (κ3) is 4.09. The molecule has 0 bridgehead atoms. The van der Waals surface area contributed by atoms with E-state index in [-0.39, 0.29) is 18.8 Å². The first-order valence-corrected chi connectivity index (χ1v) is 6.19. The van der Waals surface area contributed by atoms with Crippen molar-refractivity contribution < 1.29 is 9.84 Å². The lowest BCUT2D eigenvalue weighted by atomic mass is 9.85. The first-order valence-electron chi connectivity index (χ1n) is 6.19. The Morgan fingerprint density at radius 1 is 1.47 bits per heavy atom. The van der Waals surface area contributed by atoms with Gasteiger partial charge in [0, 0.05) is 6.04 Å². The van der Waals surface area contributed by atoms with E-state index in [0.29, 0.717) is 6.10 Å². The minimum Gasteiger partial charge on any atom is -0.394 e. The molecule has 4 unspecified atom stereocenters. The van der Waals surface area contributed by atoms with E-state index in [1.165, 1.54) is 19.3 Å². The van der Waals surface area contributed by atoms with Gasteiger partial charge in [-0.25, -0.2) is 0 Å². The Labute approximate surface area is 93.0 Å². The van der Waals surface area contributed by atoms with Crippen LogP contribution in [0.1, 0.15) is 46.0 Å². The van der Waals surface area contributed by atoms with Crippen LogP contribution in [0.5, 0.6) is 0 Å². The van der Waals surface area contributed by atoms with Gasteiger partial charge in [-0.15, -0.1) is 0 Å². The normalized spacial score (nSPS) is 31.2. The molecule has 1 aliphatic rings. The van der Waals surface area contributed by atoms with Gasteiger partial charge in [-0.1, -0.05) is 26.2 Å². The number of aliphatic hydroxyl groups excluding tert-OH is 1. The Bertz CT molecular complexity index is 173. The van der Waals surface area contributed by atoms with Crippen LogP contribution in [-0.4, -0.2) is 30.0 Å². The maximum atomic E-state index is 9.15. The van der Waals surface area contributed by atoms with Crippen molar-refractivity contribution in [2.75, 3.05) is 6.61 Å². The van der Waals surface area contributed by atoms with Gasteiger partial charge >= 0.3 is 0 Å². The first-order chi connectivity index (χ1) is 7.17. The van der Waals surface area contributed by atoms with Gasteiger partial charge in [-0.2, -0.15) is 0 Å². The first kappa shape index (κ1) is 12.9. The van der Waals surface area contributed by atoms with E-state index < -0.39 is 0 Å². The minimum atomic E-state index is -0.189. The topological polar surface area (TPSA) is 55.5 Å². The fourth-order valence-electron chi connectivity index (χ4n) is 2.32. The van der Waals surface area contributed by atoms with E-state index in [1.807, 2.05) is 6.92 Å². The predicted molar refractivity (Wildman–Crippen MR) is 61.6 cm³/mol. The van der Waals surface area contributed by atoms with Gasteiger partial charge in [-0.05, 0) is 25.7 Å². The molecule has 0 radical (unpaired) electrons. The molecule has 4 atom stereocenters. The van der Waals surface area contributed by atoms with Gasteiger partial charge in [0.2, 0.25) is 0 Å². The van der Waals surface area contributed by atoms with E-state index in [2.05, 4.69) is 6.92 Å². The molecule has 0 aromatic carbocycles. The molecule has 0 aromatic rings. The number of rotatable bonds is 5. The zero-order valence-electron chi connectivity index (χ0n) is 9.98. The zero-order chi connectivity index (χ0) is 11.3. The van der Waals surface area contributed by atoms with Crippen molar-refractivity contribution in [3.05, 3.63) is 0 Å². The van der Waals surface area contributed by atoms with Crippen LogP contribution in [-0.2, 0) is 4.74 Å². The quantitative estimate of drug-likeness (QED) is 0.733. The van der Waals surface area contributed by atoms with Gasteiger partial charge in [-0.3, -0.25) is 0 Å². The molecule has 0 spiro atoms. The molecule has 0 aliphatic heterocycles. The Balaban J connectivity index is 2.36. The standard InChI is InChI=1S/C12H25NO2/c1-3-10-5-4-6-11(7-10)15-12(8-14)9(2)13/h9-12,14H,3-8,13H2,1-2H3. The summed E-state index contributed by atoms with van der Waals surface area (Å²) < 4.78 is 5.86. The lowest BCUT2D eigenvalue weighted by Gasteiger charge is -2.32. The fourth-order valence-corrected chi connectivity index (χ4v) is 2.32. The smallest absolute Gasteiger partial charge is 0.0957 e. The van der Waals surface area contributed by atoms with Gasteiger partial charge < -0.3 is 15.6 Å². The van der Waals surface area contributed by atoms with Crippen molar-refractivity contribution in [2.45, 2.75) is 64.2 Å². The monoisotopic (exact) mass is 215 g/mol. The summed E-state index contributed by atoms with van der Waals surface area (Å²) in [6.45, 7) is 4.16. The van der Waals surface area contributed by atoms with E-state index in [4.69, 9.17) is 15.6 Å². The van der Waals surface area contributed by atoms with Crippen molar-refractivity contribution in [1.29, 1.82) is 0 Å². The molecule has 1 fully saturated rings. The van der Waals surface area contributed by atoms with Crippen molar-refractivity contribution in [1.82, 2.24) is 0 Å². The van der Waals surface area contributed by atoms with Gasteiger partial charge in [0.05, 0.1) is 18.8 Å². The molecule has 3 N–H and O–H groups in total. The van der Waals surface area contributed by atoms with Crippen molar-refractivity contribution >= 4 is 0 Å². The highest BCUT2D eigenvalue weighted by molar-refractivity contribution is 4.76. The van der Waals surface area contributed by atoms with Crippen LogP contribution in [0.25, 0.3) is 0 Å². The number of nitrogens with two attached hydrogens (primary N) is 1. The SMILES string of the molecule is CCC1CCCC(OC(CO)C(C)N)C1. The molecule has 3 nitrogen and oxygen atoms in total. The second-order valence-corrected chi connectivity index (χ2v) is 4.78. The van der Waals surface area contributed by atoms with Gasteiger partial charge in [0.1, 0.15) is 0 Å². The number of hydrogen-bond donors (Lipinski definition) is 2. The minimum absolute atomic E-state index is 0.0327. The van der Waals surface area contributed by atoms with E-state index in [0.717, 1.165) is 18.8 Å². The summed E-state index contributed by atoms with van der Waals surface area (Å²) >= 11 is 0. The van der Waals surface area contributed by atoms with Crippen LogP contribution in [0.2, 0.25) is 0 Å². The summed E-state index contributed by atoms with van der Waals surface area (Å²) in [6, 6.07) is -0.0861. The highest BCUT2D eigenvalue weighted by Crippen LogP contribution is 2.29. The molecule has 0 heterocycles. The highest BCUT2D eigenvalue weighted by Gasteiger charge is 2.25.